The number of benzene rings is 2. The number of carbonyl (C=O) groups is 2. The average molecular weight is 443 g/mol. The first kappa shape index (κ1) is 21.9. The summed E-state index contributed by atoms with van der Waals surface area (Å²) in [6.07, 6.45) is 0.983. The molecule has 3 aromatic rings. The highest BCUT2D eigenvalue weighted by atomic mass is 32.2. The Bertz CT molecular complexity index is 1270. The van der Waals surface area contributed by atoms with Gasteiger partial charge in [-0.15, -0.1) is 5.10 Å². The highest BCUT2D eigenvalue weighted by Gasteiger charge is 2.17. The Morgan fingerprint density at radius 1 is 1.00 bits per heavy atom. The predicted octanol–water partition coefficient (Wildman–Crippen LogP) is 1.86. The van der Waals surface area contributed by atoms with Crippen molar-refractivity contribution >= 4 is 38.9 Å². The second-order valence-electron chi connectivity index (χ2n) is 6.91. The number of aryl methyl sites for hydroxylation is 2. The second-order valence-corrected chi connectivity index (χ2v) is 8.66. The maximum Gasteiger partial charge on any atom is 0.257 e. The van der Waals surface area contributed by atoms with Crippen molar-refractivity contribution in [2.75, 3.05) is 21.6 Å². The van der Waals surface area contributed by atoms with E-state index in [1.807, 2.05) is 6.92 Å². The van der Waals surface area contributed by atoms with Crippen LogP contribution in [0.1, 0.15) is 28.7 Å². The van der Waals surface area contributed by atoms with Gasteiger partial charge in [0.25, 0.3) is 5.91 Å². The fourth-order valence-corrected chi connectivity index (χ4v) is 3.45. The van der Waals surface area contributed by atoms with Gasteiger partial charge in [-0.05, 0) is 60.2 Å². The quantitative estimate of drug-likeness (QED) is 0.526. The van der Waals surface area contributed by atoms with Crippen LogP contribution in [0.2, 0.25) is 0 Å². The summed E-state index contributed by atoms with van der Waals surface area (Å²) in [5.41, 5.74) is 2.50. The molecule has 2 amide bonds. The van der Waals surface area contributed by atoms with Crippen molar-refractivity contribution in [1.82, 2.24) is 20.2 Å². The first-order valence-electron chi connectivity index (χ1n) is 9.10. The van der Waals surface area contributed by atoms with Crippen molar-refractivity contribution in [3.05, 3.63) is 53.3 Å². The van der Waals surface area contributed by atoms with Gasteiger partial charge in [-0.3, -0.25) is 14.3 Å². The van der Waals surface area contributed by atoms with Gasteiger partial charge in [-0.1, -0.05) is 6.07 Å². The van der Waals surface area contributed by atoms with E-state index in [0.29, 0.717) is 22.9 Å². The Balaban J connectivity index is 1.97. The van der Waals surface area contributed by atoms with Crippen molar-refractivity contribution in [2.24, 2.45) is 0 Å². The van der Waals surface area contributed by atoms with Crippen LogP contribution in [0.25, 0.3) is 5.69 Å². The number of sulfonamides is 1. The van der Waals surface area contributed by atoms with Gasteiger partial charge in [0.1, 0.15) is 0 Å². The smallest absolute Gasteiger partial charge is 0.257 e. The third-order valence-corrected chi connectivity index (χ3v) is 4.79. The summed E-state index contributed by atoms with van der Waals surface area (Å²) in [5, 5.41) is 16.8. The molecule has 0 saturated carbocycles. The number of amides is 2. The van der Waals surface area contributed by atoms with Crippen LogP contribution in [0.15, 0.2) is 36.4 Å². The predicted molar refractivity (Wildman–Crippen MR) is 116 cm³/mol. The molecule has 0 radical (unpaired) electrons. The third-order valence-electron chi connectivity index (χ3n) is 4.20. The van der Waals surface area contributed by atoms with Crippen LogP contribution in [0.4, 0.5) is 17.1 Å². The molecule has 0 unspecified atom stereocenters. The molecule has 0 saturated heterocycles. The molecule has 0 bridgehead atoms. The molecule has 0 atom stereocenters. The van der Waals surface area contributed by atoms with Crippen molar-refractivity contribution in [3.63, 3.8) is 0 Å². The van der Waals surface area contributed by atoms with Gasteiger partial charge in [-0.2, -0.15) is 4.68 Å². The van der Waals surface area contributed by atoms with E-state index >= 15 is 0 Å². The number of nitrogens with one attached hydrogen (secondary N) is 3. The molecule has 3 N–H and O–H groups in total. The van der Waals surface area contributed by atoms with E-state index < -0.39 is 15.9 Å². The lowest BCUT2D eigenvalue weighted by Crippen LogP contribution is -2.18. The topological polar surface area (TPSA) is 148 Å². The number of nitrogens with zero attached hydrogens (tertiary/aromatic N) is 4. The normalized spacial score (nSPS) is 11.1. The second kappa shape index (κ2) is 8.52. The summed E-state index contributed by atoms with van der Waals surface area (Å²) in [6.45, 7) is 4.96. The van der Waals surface area contributed by atoms with Gasteiger partial charge >= 0.3 is 0 Å². The van der Waals surface area contributed by atoms with Crippen molar-refractivity contribution in [2.45, 2.75) is 20.8 Å². The third kappa shape index (κ3) is 5.42. The van der Waals surface area contributed by atoms with Crippen LogP contribution in [-0.4, -0.2) is 46.7 Å². The first-order valence-corrected chi connectivity index (χ1v) is 11.0. The Morgan fingerprint density at radius 2 is 1.68 bits per heavy atom. The molecular formula is C19H21N7O4S. The van der Waals surface area contributed by atoms with Gasteiger partial charge in [-0.25, -0.2) is 8.42 Å². The van der Waals surface area contributed by atoms with E-state index in [1.54, 1.807) is 29.8 Å². The molecule has 11 nitrogen and oxygen atoms in total. The molecule has 0 aliphatic rings. The zero-order valence-electron chi connectivity index (χ0n) is 17.3. The van der Waals surface area contributed by atoms with Crippen LogP contribution < -0.4 is 15.4 Å². The maximum absolute atomic E-state index is 13.0. The zero-order valence-corrected chi connectivity index (χ0v) is 18.1. The van der Waals surface area contributed by atoms with Gasteiger partial charge < -0.3 is 10.6 Å². The number of rotatable bonds is 6. The standard InChI is InChI=1S/C19H21N7O4S/c1-11-5-6-15(10-18(11)26-12(2)22-24-25-26)21-19(28)16-9-14(20-13(3)27)7-8-17(16)23-31(4,29)30/h5-10,23H,1-4H3,(H,20,27)(H,21,28). The molecule has 162 valence electrons. The largest absolute Gasteiger partial charge is 0.326 e. The Kier molecular flexibility index (Phi) is 6.02. The van der Waals surface area contributed by atoms with E-state index in [2.05, 4.69) is 30.9 Å². The lowest BCUT2D eigenvalue weighted by molar-refractivity contribution is -0.114. The molecule has 3 rings (SSSR count). The molecule has 2 aromatic carbocycles. The molecule has 31 heavy (non-hydrogen) atoms. The first-order chi connectivity index (χ1) is 14.5. The van der Waals surface area contributed by atoms with Crippen molar-refractivity contribution in [3.8, 4) is 5.69 Å². The molecule has 0 aliphatic carbocycles. The van der Waals surface area contributed by atoms with E-state index in [0.717, 1.165) is 11.8 Å². The number of tetrazole rings is 1. The van der Waals surface area contributed by atoms with E-state index in [4.69, 9.17) is 0 Å². The van der Waals surface area contributed by atoms with Crippen molar-refractivity contribution in [1.29, 1.82) is 0 Å². The summed E-state index contributed by atoms with van der Waals surface area (Å²) < 4.78 is 27.3. The fraction of sp³-hybridized carbons (Fsp3) is 0.211. The van der Waals surface area contributed by atoms with Gasteiger partial charge in [0, 0.05) is 18.3 Å². The Morgan fingerprint density at radius 3 is 2.29 bits per heavy atom. The molecular weight excluding hydrogens is 422 g/mol. The molecule has 0 spiro atoms. The highest BCUT2D eigenvalue weighted by molar-refractivity contribution is 7.92. The molecule has 1 heterocycles. The van der Waals surface area contributed by atoms with Gasteiger partial charge in [0.15, 0.2) is 5.82 Å². The number of anilines is 3. The molecule has 12 heteroatoms. The van der Waals surface area contributed by atoms with E-state index in [-0.39, 0.29) is 17.2 Å². The molecule has 1 aromatic heterocycles. The van der Waals surface area contributed by atoms with Gasteiger partial charge in [0.2, 0.25) is 15.9 Å². The monoisotopic (exact) mass is 443 g/mol. The highest BCUT2D eigenvalue weighted by Crippen LogP contribution is 2.25. The average Bonchev–Trinajstić information content (AvgIpc) is 3.08. The Hall–Kier alpha value is -3.80. The van der Waals surface area contributed by atoms with E-state index in [1.165, 1.54) is 25.1 Å². The van der Waals surface area contributed by atoms with Gasteiger partial charge in [0.05, 0.1) is 23.2 Å². The number of aromatic nitrogens is 4. The number of hydrogen-bond acceptors (Lipinski definition) is 7. The number of carbonyl (C=O) groups excluding carboxylic acids is 2. The molecule has 0 fully saturated rings. The maximum atomic E-state index is 13.0. The Labute approximate surface area is 178 Å². The van der Waals surface area contributed by atoms with Crippen LogP contribution in [-0.2, 0) is 14.8 Å². The minimum absolute atomic E-state index is 0.0393. The fourth-order valence-electron chi connectivity index (χ4n) is 2.87. The minimum Gasteiger partial charge on any atom is -0.326 e. The van der Waals surface area contributed by atoms with Crippen molar-refractivity contribution < 1.29 is 18.0 Å². The summed E-state index contributed by atoms with van der Waals surface area (Å²) >= 11 is 0. The van der Waals surface area contributed by atoms with Crippen LogP contribution in [0.3, 0.4) is 0 Å². The summed E-state index contributed by atoms with van der Waals surface area (Å²) in [7, 11) is -3.63. The minimum atomic E-state index is -3.63. The van der Waals surface area contributed by atoms with Crippen LogP contribution >= 0.6 is 0 Å². The lowest BCUT2D eigenvalue weighted by atomic mass is 10.1. The molecule has 0 aliphatic heterocycles. The summed E-state index contributed by atoms with van der Waals surface area (Å²) in [6, 6.07) is 9.51. The van der Waals surface area contributed by atoms with Crippen LogP contribution in [0, 0.1) is 13.8 Å². The SMILES string of the molecule is CC(=O)Nc1ccc(NS(C)(=O)=O)c(C(=O)Nc2ccc(C)c(-n3nnnc3C)c2)c1. The lowest BCUT2D eigenvalue weighted by Gasteiger charge is -2.14. The summed E-state index contributed by atoms with van der Waals surface area (Å²) in [5.74, 6) is -0.314. The van der Waals surface area contributed by atoms with Crippen LogP contribution in [0.5, 0.6) is 0 Å². The number of hydrogen-bond donors (Lipinski definition) is 3. The van der Waals surface area contributed by atoms with E-state index in [9.17, 15) is 18.0 Å². The zero-order chi connectivity index (χ0) is 22.8. The summed E-state index contributed by atoms with van der Waals surface area (Å²) in [4.78, 5) is 24.4.